The molecule has 1 heterocycles. The minimum Gasteiger partial charge on any atom is -0.372 e. The van der Waals surface area contributed by atoms with Crippen LogP contribution in [0.3, 0.4) is 0 Å². The van der Waals surface area contributed by atoms with Crippen LogP contribution in [0.25, 0.3) is 0 Å². The number of aromatic nitrogens is 2. The highest BCUT2D eigenvalue weighted by atomic mass is 79.9. The first-order valence-corrected chi connectivity index (χ1v) is 5.70. The van der Waals surface area contributed by atoms with E-state index in [9.17, 15) is 4.39 Å². The zero-order valence-electron chi connectivity index (χ0n) is 9.04. The second-order valence-electron chi connectivity index (χ2n) is 3.29. The van der Waals surface area contributed by atoms with Gasteiger partial charge in [0, 0.05) is 11.5 Å². The Hall–Kier alpha value is -1.69. The molecule has 0 atom stereocenters. The van der Waals surface area contributed by atoms with E-state index in [0.717, 1.165) is 0 Å². The van der Waals surface area contributed by atoms with Crippen molar-refractivity contribution in [1.82, 2.24) is 9.97 Å². The average molecular weight is 297 g/mol. The molecule has 6 heteroatoms. The van der Waals surface area contributed by atoms with Crippen molar-refractivity contribution in [3.63, 3.8) is 0 Å². The van der Waals surface area contributed by atoms with E-state index in [2.05, 4.69) is 36.5 Å². The molecule has 1 aromatic carbocycles. The largest absolute Gasteiger partial charge is 0.372 e. The lowest BCUT2D eigenvalue weighted by Crippen LogP contribution is -2.00. The van der Waals surface area contributed by atoms with E-state index in [-0.39, 0.29) is 5.82 Å². The summed E-state index contributed by atoms with van der Waals surface area (Å²) in [6, 6.07) is 4.77. The van der Waals surface area contributed by atoms with Crippen molar-refractivity contribution >= 4 is 33.3 Å². The van der Waals surface area contributed by atoms with E-state index < -0.39 is 0 Å². The zero-order valence-corrected chi connectivity index (χ0v) is 10.6. The van der Waals surface area contributed by atoms with Crippen LogP contribution in [0.5, 0.6) is 0 Å². The molecule has 0 aliphatic rings. The number of anilines is 3. The van der Waals surface area contributed by atoms with Crippen molar-refractivity contribution in [3.05, 3.63) is 40.9 Å². The lowest BCUT2D eigenvalue weighted by Gasteiger charge is -2.07. The first-order chi connectivity index (χ1) is 8.19. The Labute approximate surface area is 106 Å². The van der Waals surface area contributed by atoms with Gasteiger partial charge >= 0.3 is 0 Å². The van der Waals surface area contributed by atoms with E-state index in [1.807, 2.05) is 0 Å². The quantitative estimate of drug-likeness (QED) is 0.913. The highest BCUT2D eigenvalue weighted by Crippen LogP contribution is 2.22. The molecular formula is C11H10BrFN4. The summed E-state index contributed by atoms with van der Waals surface area (Å²) in [6.07, 6.45) is 3.12. The third kappa shape index (κ3) is 2.91. The average Bonchev–Trinajstić information content (AvgIpc) is 2.33. The maximum absolute atomic E-state index is 13.6. The molecule has 0 radical (unpaired) electrons. The Kier molecular flexibility index (Phi) is 3.53. The van der Waals surface area contributed by atoms with Gasteiger partial charge in [-0.1, -0.05) is 15.9 Å². The fourth-order valence-corrected chi connectivity index (χ4v) is 1.61. The molecule has 0 saturated carbocycles. The number of nitrogens with one attached hydrogen (secondary N) is 2. The molecule has 88 valence electrons. The van der Waals surface area contributed by atoms with Gasteiger partial charge in [-0.2, -0.15) is 0 Å². The van der Waals surface area contributed by atoms with Gasteiger partial charge in [0.15, 0.2) is 5.82 Å². The smallest absolute Gasteiger partial charge is 0.151 e. The fourth-order valence-electron chi connectivity index (χ4n) is 1.28. The lowest BCUT2D eigenvalue weighted by molar-refractivity contribution is 0.631. The Morgan fingerprint density at radius 2 is 2.00 bits per heavy atom. The van der Waals surface area contributed by atoms with Gasteiger partial charge in [0.25, 0.3) is 0 Å². The number of rotatable bonds is 3. The third-order valence-electron chi connectivity index (χ3n) is 2.08. The van der Waals surface area contributed by atoms with E-state index in [1.54, 1.807) is 25.4 Å². The molecule has 2 rings (SSSR count). The molecule has 0 spiro atoms. The maximum atomic E-state index is 13.6. The van der Waals surface area contributed by atoms with Crippen LogP contribution in [0.15, 0.2) is 35.1 Å². The van der Waals surface area contributed by atoms with E-state index in [4.69, 9.17) is 0 Å². The highest BCUT2D eigenvalue weighted by molar-refractivity contribution is 9.10. The molecule has 2 aromatic rings. The topological polar surface area (TPSA) is 49.8 Å². The van der Waals surface area contributed by atoms with Gasteiger partial charge in [-0.05, 0) is 18.2 Å². The summed E-state index contributed by atoms with van der Waals surface area (Å²) < 4.78 is 14.3. The lowest BCUT2D eigenvalue weighted by atomic mass is 10.3. The molecule has 0 aliphatic carbocycles. The van der Waals surface area contributed by atoms with E-state index in [0.29, 0.717) is 21.8 Å². The number of nitrogens with zero attached hydrogens (tertiary/aromatic N) is 2. The Morgan fingerprint density at radius 1 is 1.24 bits per heavy atom. The standard InChI is InChI=1S/C11H10BrFN4/c1-14-10-5-15-6-11(17-10)16-9-3-2-7(12)4-8(9)13/h2-6H,1H3,(H2,14,16,17). The van der Waals surface area contributed by atoms with Gasteiger partial charge in [0.05, 0.1) is 18.1 Å². The van der Waals surface area contributed by atoms with Crippen molar-refractivity contribution in [2.45, 2.75) is 0 Å². The molecule has 2 N–H and O–H groups in total. The van der Waals surface area contributed by atoms with E-state index >= 15 is 0 Å². The normalized spacial score (nSPS) is 10.1. The first-order valence-electron chi connectivity index (χ1n) is 4.91. The van der Waals surface area contributed by atoms with Crippen molar-refractivity contribution in [1.29, 1.82) is 0 Å². The van der Waals surface area contributed by atoms with Crippen LogP contribution >= 0.6 is 15.9 Å². The van der Waals surface area contributed by atoms with Crippen molar-refractivity contribution in [3.8, 4) is 0 Å². The molecule has 0 fully saturated rings. The van der Waals surface area contributed by atoms with Gasteiger partial charge in [0.2, 0.25) is 0 Å². The molecule has 0 aliphatic heterocycles. The van der Waals surface area contributed by atoms with Crippen LogP contribution in [0.1, 0.15) is 0 Å². The van der Waals surface area contributed by atoms with Gasteiger partial charge in [-0.25, -0.2) is 9.37 Å². The number of hydrogen-bond donors (Lipinski definition) is 2. The number of halogens is 2. The molecule has 4 nitrogen and oxygen atoms in total. The molecule has 0 unspecified atom stereocenters. The van der Waals surface area contributed by atoms with Gasteiger partial charge in [0.1, 0.15) is 11.6 Å². The van der Waals surface area contributed by atoms with E-state index in [1.165, 1.54) is 12.3 Å². The minimum absolute atomic E-state index is 0.351. The van der Waals surface area contributed by atoms with Crippen molar-refractivity contribution in [2.75, 3.05) is 17.7 Å². The molecule has 0 bridgehead atoms. The summed E-state index contributed by atoms with van der Waals surface area (Å²) in [4.78, 5) is 8.17. The summed E-state index contributed by atoms with van der Waals surface area (Å²) in [5, 5.41) is 5.73. The monoisotopic (exact) mass is 296 g/mol. The highest BCUT2D eigenvalue weighted by Gasteiger charge is 2.04. The Bertz CT molecular complexity index is 533. The fraction of sp³-hybridized carbons (Fsp3) is 0.0909. The second-order valence-corrected chi connectivity index (χ2v) is 4.20. The number of hydrogen-bond acceptors (Lipinski definition) is 4. The Balaban J connectivity index is 2.25. The molecule has 0 amide bonds. The van der Waals surface area contributed by atoms with Crippen LogP contribution in [-0.2, 0) is 0 Å². The predicted molar refractivity (Wildman–Crippen MR) is 69.0 cm³/mol. The van der Waals surface area contributed by atoms with Crippen molar-refractivity contribution in [2.24, 2.45) is 0 Å². The molecule has 1 aromatic heterocycles. The van der Waals surface area contributed by atoms with Crippen LogP contribution < -0.4 is 10.6 Å². The second kappa shape index (κ2) is 5.09. The van der Waals surface area contributed by atoms with Gasteiger partial charge in [-0.15, -0.1) is 0 Å². The van der Waals surface area contributed by atoms with Crippen LogP contribution in [-0.4, -0.2) is 17.0 Å². The Morgan fingerprint density at radius 3 is 2.71 bits per heavy atom. The summed E-state index contributed by atoms with van der Waals surface area (Å²) >= 11 is 3.20. The van der Waals surface area contributed by atoms with Crippen molar-refractivity contribution < 1.29 is 4.39 Å². The predicted octanol–water partition coefficient (Wildman–Crippen LogP) is 3.16. The summed E-state index contributed by atoms with van der Waals surface area (Å²) in [7, 11) is 1.74. The summed E-state index contributed by atoms with van der Waals surface area (Å²) in [5.74, 6) is 0.752. The third-order valence-corrected chi connectivity index (χ3v) is 2.58. The van der Waals surface area contributed by atoms with Gasteiger partial charge < -0.3 is 10.6 Å². The number of benzene rings is 1. The zero-order chi connectivity index (χ0) is 12.3. The molecular weight excluding hydrogens is 287 g/mol. The molecule has 17 heavy (non-hydrogen) atoms. The summed E-state index contributed by atoms with van der Waals surface area (Å²) in [6.45, 7) is 0. The van der Waals surface area contributed by atoms with Crippen LogP contribution in [0, 0.1) is 5.82 Å². The van der Waals surface area contributed by atoms with Crippen LogP contribution in [0.2, 0.25) is 0 Å². The first kappa shape index (κ1) is 11.8. The molecule has 0 saturated heterocycles. The van der Waals surface area contributed by atoms with Gasteiger partial charge in [-0.3, -0.25) is 4.98 Å². The summed E-state index contributed by atoms with van der Waals surface area (Å²) in [5.41, 5.74) is 0.357. The maximum Gasteiger partial charge on any atom is 0.151 e. The minimum atomic E-state index is -0.351. The van der Waals surface area contributed by atoms with Crippen LogP contribution in [0.4, 0.5) is 21.7 Å². The SMILES string of the molecule is CNc1cncc(Nc2ccc(Br)cc2F)n1.